The first kappa shape index (κ1) is 22.1. The fourth-order valence-electron chi connectivity index (χ4n) is 2.40. The maximum atomic E-state index is 12.2. The van der Waals surface area contributed by atoms with E-state index < -0.39 is 5.91 Å². The van der Waals surface area contributed by atoms with Crippen LogP contribution in [0.2, 0.25) is 0 Å². The summed E-state index contributed by atoms with van der Waals surface area (Å²) in [5.74, 6) is 0.811. The summed E-state index contributed by atoms with van der Waals surface area (Å²) < 4.78 is 10.8. The van der Waals surface area contributed by atoms with Crippen LogP contribution in [-0.4, -0.2) is 30.0 Å². The van der Waals surface area contributed by atoms with Gasteiger partial charge in [-0.05, 0) is 48.0 Å². The molecule has 0 saturated carbocycles. The van der Waals surface area contributed by atoms with E-state index in [-0.39, 0.29) is 29.8 Å². The zero-order valence-electron chi connectivity index (χ0n) is 16.5. The molecule has 0 atom stereocenters. The van der Waals surface area contributed by atoms with E-state index in [1.807, 2.05) is 24.3 Å². The number of amides is 1. The molecule has 0 aliphatic heterocycles. The number of nitrogens with one attached hydrogen (secondary N) is 2. The van der Waals surface area contributed by atoms with Crippen molar-refractivity contribution in [3.63, 3.8) is 0 Å². The maximum Gasteiger partial charge on any atom is 0.293 e. The normalized spacial score (nSPS) is 10.3. The largest absolute Gasteiger partial charge is 0.486 e. The number of ether oxygens (including phenoxy) is 1. The minimum absolute atomic E-state index is 0.0151. The van der Waals surface area contributed by atoms with Crippen LogP contribution in [0, 0.1) is 0 Å². The minimum Gasteiger partial charge on any atom is -0.486 e. The van der Waals surface area contributed by atoms with Crippen molar-refractivity contribution in [2.75, 3.05) is 13.2 Å². The maximum absolute atomic E-state index is 12.2. The lowest BCUT2D eigenvalue weighted by atomic mass is 10.0. The van der Waals surface area contributed by atoms with E-state index in [0.717, 1.165) is 0 Å². The fraction of sp³-hybridized carbons (Fsp3) is 0.227. The van der Waals surface area contributed by atoms with Crippen molar-refractivity contribution < 1.29 is 18.7 Å². The van der Waals surface area contributed by atoms with E-state index in [9.17, 15) is 9.59 Å². The zero-order valence-corrected chi connectivity index (χ0v) is 17.3. The highest BCUT2D eigenvalue weighted by molar-refractivity contribution is 7.80. The summed E-state index contributed by atoms with van der Waals surface area (Å²) in [5, 5.41) is 5.15. The smallest absolute Gasteiger partial charge is 0.293 e. The lowest BCUT2D eigenvalue weighted by Gasteiger charge is -2.10. The van der Waals surface area contributed by atoms with Gasteiger partial charge in [0.1, 0.15) is 18.1 Å². The predicted octanol–water partition coefficient (Wildman–Crippen LogP) is 3.94. The summed E-state index contributed by atoms with van der Waals surface area (Å²) in [6, 6.07) is 9.14. The summed E-state index contributed by atoms with van der Waals surface area (Å²) in [6.07, 6.45) is 3.04. The highest BCUT2D eigenvalue weighted by Crippen LogP contribution is 2.19. The Morgan fingerprint density at radius 1 is 1.21 bits per heavy atom. The molecule has 1 aromatic carbocycles. The van der Waals surface area contributed by atoms with Gasteiger partial charge in [-0.25, -0.2) is 0 Å². The molecule has 1 amide bonds. The van der Waals surface area contributed by atoms with Crippen molar-refractivity contribution >= 4 is 41.2 Å². The van der Waals surface area contributed by atoms with Gasteiger partial charge < -0.3 is 14.5 Å². The van der Waals surface area contributed by atoms with E-state index in [4.69, 9.17) is 21.4 Å². The van der Waals surface area contributed by atoms with Gasteiger partial charge in [0.05, 0.1) is 6.54 Å². The lowest BCUT2D eigenvalue weighted by Crippen LogP contribution is -2.42. The Kier molecular flexibility index (Phi) is 7.91. The van der Waals surface area contributed by atoms with Gasteiger partial charge in [0.2, 0.25) is 0 Å². The van der Waals surface area contributed by atoms with E-state index in [2.05, 4.69) is 37.6 Å². The molecule has 0 bridgehead atoms. The van der Waals surface area contributed by atoms with Gasteiger partial charge in [-0.1, -0.05) is 45.2 Å². The molecule has 29 heavy (non-hydrogen) atoms. The van der Waals surface area contributed by atoms with Gasteiger partial charge in [-0.2, -0.15) is 0 Å². The molecule has 0 aliphatic rings. The van der Waals surface area contributed by atoms with Crippen LogP contribution in [0.15, 0.2) is 47.9 Å². The summed E-state index contributed by atoms with van der Waals surface area (Å²) >= 11 is 5.04. The van der Waals surface area contributed by atoms with Crippen LogP contribution < -0.4 is 15.4 Å². The first-order valence-corrected chi connectivity index (χ1v) is 9.47. The molecule has 0 spiro atoms. The van der Waals surface area contributed by atoms with Crippen molar-refractivity contribution in [1.82, 2.24) is 10.6 Å². The molecule has 0 saturated heterocycles. The molecule has 1 aromatic heterocycles. The number of hydrogen-bond acceptors (Lipinski definition) is 5. The number of carbonyl (C=O) groups is 2. The Bertz CT molecular complexity index is 888. The first-order chi connectivity index (χ1) is 13.8. The third kappa shape index (κ3) is 6.43. The summed E-state index contributed by atoms with van der Waals surface area (Å²) in [5.41, 5.74) is 1.85. The molecule has 1 heterocycles. The van der Waals surface area contributed by atoms with E-state index in [0.29, 0.717) is 23.0 Å². The van der Waals surface area contributed by atoms with Gasteiger partial charge in [0, 0.05) is 5.56 Å². The van der Waals surface area contributed by atoms with Crippen molar-refractivity contribution in [2.24, 2.45) is 0 Å². The number of rotatable bonds is 9. The summed E-state index contributed by atoms with van der Waals surface area (Å²) in [7, 11) is 0. The SMILES string of the molecule is C=Cc1cc(C(=O)NC(=S)NCC(=O)COc2ccc(C(C)C)cc2)oc1C=C. The second-order valence-electron chi connectivity index (χ2n) is 6.53. The molecular formula is C22H24N2O4S. The average molecular weight is 413 g/mol. The van der Waals surface area contributed by atoms with Crippen LogP contribution in [0.3, 0.4) is 0 Å². The Balaban J connectivity index is 1.77. The second-order valence-corrected chi connectivity index (χ2v) is 6.93. The molecule has 0 radical (unpaired) electrons. The molecule has 2 N–H and O–H groups in total. The molecule has 152 valence electrons. The standard InChI is InChI=1S/C22H24N2O4S/c1-5-15-11-20(28-19(15)6-2)21(26)24-22(29)23-12-17(25)13-27-18-9-7-16(8-10-18)14(3)4/h5-11,14H,1-2,12-13H2,3-4H3,(H2,23,24,26,29). The van der Waals surface area contributed by atoms with Gasteiger partial charge in [0.15, 0.2) is 16.7 Å². The summed E-state index contributed by atoms with van der Waals surface area (Å²) in [4.78, 5) is 24.1. The Morgan fingerprint density at radius 2 is 1.90 bits per heavy atom. The van der Waals surface area contributed by atoms with Crippen LogP contribution in [-0.2, 0) is 4.79 Å². The summed E-state index contributed by atoms with van der Waals surface area (Å²) in [6.45, 7) is 11.3. The number of hydrogen-bond donors (Lipinski definition) is 2. The quantitative estimate of drug-likeness (QED) is 0.607. The van der Waals surface area contributed by atoms with Crippen LogP contribution in [0.1, 0.15) is 47.2 Å². The Morgan fingerprint density at radius 3 is 2.45 bits per heavy atom. The number of furan rings is 1. The Labute approximate surface area is 175 Å². The number of benzene rings is 1. The second kappa shape index (κ2) is 10.4. The van der Waals surface area contributed by atoms with Crippen LogP contribution in [0.25, 0.3) is 12.2 Å². The first-order valence-electron chi connectivity index (χ1n) is 9.06. The number of ketones is 1. The minimum atomic E-state index is -0.535. The zero-order chi connectivity index (χ0) is 21.4. The Hall–Kier alpha value is -3.19. The van der Waals surface area contributed by atoms with Crippen LogP contribution in [0.5, 0.6) is 5.75 Å². The van der Waals surface area contributed by atoms with Gasteiger partial charge in [-0.3, -0.25) is 14.9 Å². The molecule has 0 fully saturated rings. The molecule has 0 aliphatic carbocycles. The average Bonchev–Trinajstić information content (AvgIpc) is 3.14. The predicted molar refractivity (Wildman–Crippen MR) is 118 cm³/mol. The number of Topliss-reactive ketones (excluding diaryl/α,β-unsaturated/α-hetero) is 1. The number of carbonyl (C=O) groups excluding carboxylic acids is 2. The van der Waals surface area contributed by atoms with Crippen molar-refractivity contribution in [2.45, 2.75) is 19.8 Å². The number of thiocarbonyl (C=S) groups is 1. The monoisotopic (exact) mass is 412 g/mol. The molecule has 7 heteroatoms. The molecule has 6 nitrogen and oxygen atoms in total. The van der Waals surface area contributed by atoms with E-state index in [1.54, 1.807) is 6.08 Å². The fourth-order valence-corrected chi connectivity index (χ4v) is 2.57. The topological polar surface area (TPSA) is 80.6 Å². The molecule has 2 rings (SSSR count). The van der Waals surface area contributed by atoms with Crippen molar-refractivity contribution in [3.05, 3.63) is 66.1 Å². The van der Waals surface area contributed by atoms with Gasteiger partial charge in [-0.15, -0.1) is 0 Å². The van der Waals surface area contributed by atoms with Gasteiger partial charge in [0.25, 0.3) is 5.91 Å². The van der Waals surface area contributed by atoms with Crippen molar-refractivity contribution in [3.8, 4) is 5.75 Å². The van der Waals surface area contributed by atoms with E-state index in [1.165, 1.54) is 17.7 Å². The highest BCUT2D eigenvalue weighted by atomic mass is 32.1. The van der Waals surface area contributed by atoms with Crippen LogP contribution >= 0.6 is 12.2 Å². The third-order valence-electron chi connectivity index (χ3n) is 4.04. The molecule has 2 aromatic rings. The molecule has 0 unspecified atom stereocenters. The lowest BCUT2D eigenvalue weighted by molar-refractivity contribution is -0.119. The van der Waals surface area contributed by atoms with E-state index >= 15 is 0 Å². The molecular weight excluding hydrogens is 388 g/mol. The highest BCUT2D eigenvalue weighted by Gasteiger charge is 2.15. The van der Waals surface area contributed by atoms with Crippen molar-refractivity contribution in [1.29, 1.82) is 0 Å². The van der Waals surface area contributed by atoms with Gasteiger partial charge >= 0.3 is 0 Å². The van der Waals surface area contributed by atoms with Crippen LogP contribution in [0.4, 0.5) is 0 Å². The third-order valence-corrected chi connectivity index (χ3v) is 4.29.